The van der Waals surface area contributed by atoms with Crippen molar-refractivity contribution in [2.75, 3.05) is 5.32 Å². The molecule has 93 heavy (non-hydrogen) atoms. The van der Waals surface area contributed by atoms with Crippen LogP contribution in [0.25, 0.3) is 33.4 Å². The average molecular weight is 1280 g/mol. The number of Topliss-reactive ketones (excluding diaryl/α,β-unsaturated/α-hetero) is 1. The Morgan fingerprint density at radius 3 is 1.61 bits per heavy atom. The molecule has 0 radical (unpaired) electrons. The van der Waals surface area contributed by atoms with E-state index < -0.39 is 0 Å². The van der Waals surface area contributed by atoms with Gasteiger partial charge < -0.3 is 49.0 Å². The first-order chi connectivity index (χ1) is 42.8. The number of aliphatic imine (C=N–C) groups is 1. The summed E-state index contributed by atoms with van der Waals surface area (Å²) in [5, 5.41) is 13.4. The average Bonchev–Trinajstić information content (AvgIpc) is 1.84. The van der Waals surface area contributed by atoms with Gasteiger partial charge >= 0.3 is 0 Å². The zero-order chi connectivity index (χ0) is 69.1. The molecule has 0 atom stereocenters. The maximum absolute atomic E-state index is 11.5. The molecule has 0 saturated heterocycles. The van der Waals surface area contributed by atoms with Crippen LogP contribution in [-0.4, -0.2) is 123 Å². The largest absolute Gasteiger partial charge is 0.332 e. The minimum atomic E-state index is -0.211. The number of nitrogens with zero attached hydrogens (tertiary/aromatic N) is 18. The number of H-pyrrole nitrogens is 1. The van der Waals surface area contributed by atoms with Crippen LogP contribution in [0.4, 0.5) is 5.82 Å². The molecule has 3 aliphatic heterocycles. The van der Waals surface area contributed by atoms with Crippen molar-refractivity contribution in [1.29, 1.82) is 0 Å². The van der Waals surface area contributed by atoms with Gasteiger partial charge in [-0.25, -0.2) is 54.5 Å². The number of fused-ring (bicyclic) bond motifs is 4. The van der Waals surface area contributed by atoms with Gasteiger partial charge in [0.1, 0.15) is 58.2 Å². The number of hydrogen-bond acceptors (Lipinski definition) is 18. The smallest absolute Gasteiger partial charge is 0.279 e. The number of amides is 2. The maximum Gasteiger partial charge on any atom is 0.279 e. The second-order valence-electron chi connectivity index (χ2n) is 25.1. The molecule has 11 heterocycles. The summed E-state index contributed by atoms with van der Waals surface area (Å²) in [5.41, 5.74) is 9.09. The fraction of sp³-hybridized carbons (Fsp3) is 0.478. The Morgan fingerprint density at radius 1 is 0.559 bits per heavy atom. The summed E-state index contributed by atoms with van der Waals surface area (Å²) in [6.07, 6.45) is 12.7. The molecule has 26 nitrogen and oxygen atoms in total. The molecule has 0 saturated carbocycles. The van der Waals surface area contributed by atoms with Gasteiger partial charge in [0.05, 0.1) is 30.4 Å². The van der Waals surface area contributed by atoms with Crippen molar-refractivity contribution in [1.82, 2.24) is 98.3 Å². The Hall–Kier alpha value is -9.75. The maximum atomic E-state index is 11.5. The Kier molecular flexibility index (Phi) is 26.1. The van der Waals surface area contributed by atoms with Crippen molar-refractivity contribution >= 4 is 62.5 Å². The second kappa shape index (κ2) is 32.0. The molecule has 26 heteroatoms. The molecule has 502 valence electrons. The zero-order valence-electron chi connectivity index (χ0n) is 58.4. The minimum Gasteiger partial charge on any atom is -0.332 e. The number of rotatable bonds is 7. The van der Waals surface area contributed by atoms with Gasteiger partial charge in [0.15, 0.2) is 28.3 Å². The Morgan fingerprint density at radius 2 is 1.10 bits per heavy atom. The normalized spacial score (nSPS) is 13.6. The molecule has 8 aromatic rings. The van der Waals surface area contributed by atoms with Crippen LogP contribution >= 0.6 is 0 Å². The zero-order valence-corrected chi connectivity index (χ0v) is 58.4. The van der Waals surface area contributed by atoms with Crippen molar-refractivity contribution in [3.8, 4) is 0 Å². The topological polar surface area (TPSA) is 293 Å². The summed E-state index contributed by atoms with van der Waals surface area (Å²) in [4.78, 5) is 93.9. The van der Waals surface area contributed by atoms with Crippen LogP contribution in [0.3, 0.4) is 0 Å². The summed E-state index contributed by atoms with van der Waals surface area (Å²) < 4.78 is 9.72. The number of hydrogen-bond donors (Lipinski definition) is 4. The standard InChI is InChI=1S/C11H15N3.C10H14N4O.C10H14N4.C10H16N2.C9H12N4O.C9H14N2O.C7H11N3O.CH4/c1-7(2)14-6-5-10-8(3)12-9(4)13-11(10)14;1-6-12-8-7(9(15)13-6)11-5-14(8)10(2,3)4;1-6(2)14-5-11-9-7(3)12-8(4)13-10(9)14;1-7(2)12-6-8(3)9(4)11-10(12)5;1-5(2)13-4-10-7-8(13)11-6(3)12-9(7)14;1-6(2)11-5-7(3)9(12)10-8(11)4;1-5(2)10-4-8-7(9-10)6(3)11;/h5-7H,1-4H3;5,12H,1H2,2-4H3,(H,13,15);5-6H,1-4H3;6-7H,5H2,1-4H3;4-5H,1-3H3,(H,11,12,14);5-6H,4H2,1-3H3,(H,10,12);4-5H,1-3H3;1H4. The first-order valence-corrected chi connectivity index (χ1v) is 30.7. The van der Waals surface area contributed by atoms with Gasteiger partial charge in [-0.05, 0) is 171 Å². The number of imidazole rings is 3. The van der Waals surface area contributed by atoms with E-state index in [2.05, 4.69) is 177 Å². The Bertz CT molecular complexity index is 4050. The van der Waals surface area contributed by atoms with Crippen LogP contribution < -0.4 is 21.5 Å². The monoisotopic (exact) mass is 1280 g/mol. The molecular weight excluding hydrogens is 1180 g/mol. The predicted molar refractivity (Wildman–Crippen MR) is 371 cm³/mol. The van der Waals surface area contributed by atoms with Crippen molar-refractivity contribution < 1.29 is 14.4 Å². The van der Waals surface area contributed by atoms with Gasteiger partial charge in [0, 0.05) is 84.0 Å². The molecule has 0 aliphatic carbocycles. The van der Waals surface area contributed by atoms with E-state index in [-0.39, 0.29) is 48.2 Å². The second-order valence-corrected chi connectivity index (χ2v) is 25.1. The molecule has 8 aromatic heterocycles. The van der Waals surface area contributed by atoms with Crippen LogP contribution in [0.5, 0.6) is 0 Å². The predicted octanol–water partition coefficient (Wildman–Crippen LogP) is 12.4. The van der Waals surface area contributed by atoms with E-state index in [1.807, 2.05) is 123 Å². The lowest BCUT2D eigenvalue weighted by Gasteiger charge is -2.31. The number of ketones is 1. The molecule has 2 amide bonds. The van der Waals surface area contributed by atoms with E-state index in [9.17, 15) is 19.2 Å². The highest BCUT2D eigenvalue weighted by molar-refractivity contribution is 6.01. The minimum absolute atomic E-state index is 0. The van der Waals surface area contributed by atoms with Gasteiger partial charge in [-0.15, -0.1) is 5.10 Å². The molecule has 3 aliphatic rings. The molecule has 0 bridgehead atoms. The number of aryl methyl sites for hydroxylation is 5. The lowest BCUT2D eigenvalue weighted by Crippen LogP contribution is -2.40. The van der Waals surface area contributed by atoms with Gasteiger partial charge in [0.2, 0.25) is 5.82 Å². The van der Waals surface area contributed by atoms with Crippen molar-refractivity contribution in [2.24, 2.45) is 4.99 Å². The van der Waals surface area contributed by atoms with Gasteiger partial charge in [0.25, 0.3) is 17.4 Å². The summed E-state index contributed by atoms with van der Waals surface area (Å²) in [6.45, 7) is 59.3. The van der Waals surface area contributed by atoms with Gasteiger partial charge in [-0.1, -0.05) is 27.2 Å². The third-order valence-corrected chi connectivity index (χ3v) is 14.3. The number of allylic oxidation sites excluding steroid dienone is 1. The summed E-state index contributed by atoms with van der Waals surface area (Å²) in [6, 6.07) is 4.20. The van der Waals surface area contributed by atoms with E-state index in [0.29, 0.717) is 70.1 Å². The fourth-order valence-electron chi connectivity index (χ4n) is 9.18. The molecular formula is C67H100N22O4. The number of aromatic amines is 1. The summed E-state index contributed by atoms with van der Waals surface area (Å²) in [7, 11) is 0. The number of nitrogens with one attached hydrogen (secondary N) is 4. The molecule has 0 fully saturated rings. The third-order valence-electron chi connectivity index (χ3n) is 14.3. The molecule has 0 aromatic carbocycles. The Labute approximate surface area is 547 Å². The van der Waals surface area contributed by atoms with Crippen molar-refractivity contribution in [2.45, 2.75) is 215 Å². The van der Waals surface area contributed by atoms with Crippen LogP contribution in [0.1, 0.15) is 213 Å². The molecule has 11 rings (SSSR count). The molecule has 0 spiro atoms. The highest BCUT2D eigenvalue weighted by Gasteiger charge is 2.28. The number of carbonyl (C=O) groups excluding carboxylic acids is 3. The van der Waals surface area contributed by atoms with Crippen LogP contribution in [0.2, 0.25) is 0 Å². The van der Waals surface area contributed by atoms with Crippen LogP contribution in [0.15, 0.2) is 108 Å². The first-order valence-electron chi connectivity index (χ1n) is 30.7. The summed E-state index contributed by atoms with van der Waals surface area (Å²) in [5.74, 6) is 4.87. The highest BCUT2D eigenvalue weighted by Crippen LogP contribution is 2.27. The SMILES string of the molecule is C.C=C1N=C(C)C(C)=CN1C(C)C.C=C1NC(=O)C(C)=CN1C(C)C.C=C1NC(=O)c2ncn(C(C)(C)C)c2N1.CC(=O)c1ncn(C(C)C)n1.Cc1nc(C)c2ccn(C(C)C)c2n1.Cc1nc(C)c2ncn(C(C)C)c2n1.Cc1nc2c(ncn2C(C)C)c(=O)[nH]1. The number of carbonyl (C=O) groups is 3. The van der Waals surface area contributed by atoms with E-state index in [0.717, 1.165) is 62.3 Å². The fourth-order valence-corrected chi connectivity index (χ4v) is 9.18. The van der Waals surface area contributed by atoms with Crippen molar-refractivity contribution in [3.05, 3.63) is 149 Å². The van der Waals surface area contributed by atoms with Crippen LogP contribution in [-0.2, 0) is 10.3 Å². The Balaban J connectivity index is 0.000000231. The first kappa shape index (κ1) is 75.7. The van der Waals surface area contributed by atoms with E-state index in [1.54, 1.807) is 37.5 Å². The van der Waals surface area contributed by atoms with E-state index in [1.165, 1.54) is 12.5 Å². The molecule has 0 unspecified atom stereocenters. The third kappa shape index (κ3) is 19.4. The lowest BCUT2D eigenvalue weighted by atomic mass is 10.1. The highest BCUT2D eigenvalue weighted by atomic mass is 16.2. The lowest BCUT2D eigenvalue weighted by molar-refractivity contribution is -0.117. The van der Waals surface area contributed by atoms with E-state index >= 15 is 0 Å². The summed E-state index contributed by atoms with van der Waals surface area (Å²) >= 11 is 0. The van der Waals surface area contributed by atoms with Gasteiger partial charge in [-0.2, -0.15) is 0 Å². The number of aromatic nitrogens is 16. The van der Waals surface area contributed by atoms with Crippen LogP contribution in [0, 0.1) is 34.6 Å². The number of anilines is 1. The van der Waals surface area contributed by atoms with Gasteiger partial charge in [-0.3, -0.25) is 19.2 Å². The quantitative estimate of drug-likeness (QED) is 0.108. The van der Waals surface area contributed by atoms with Crippen molar-refractivity contribution in [3.63, 3.8) is 0 Å². The molecule has 4 N–H and O–H groups in total. The van der Waals surface area contributed by atoms with E-state index in [4.69, 9.17) is 0 Å².